The summed E-state index contributed by atoms with van der Waals surface area (Å²) in [6.07, 6.45) is 6.27. The van der Waals surface area contributed by atoms with E-state index >= 15 is 0 Å². The Bertz CT molecular complexity index is 219. The highest BCUT2D eigenvalue weighted by molar-refractivity contribution is 7.98. The molecule has 0 aliphatic carbocycles. The predicted octanol–water partition coefficient (Wildman–Crippen LogP) is 1.09. The van der Waals surface area contributed by atoms with Crippen molar-refractivity contribution in [1.82, 2.24) is 10.2 Å². The van der Waals surface area contributed by atoms with Crippen molar-refractivity contribution in [3.8, 4) is 0 Å². The molecule has 0 aromatic heterocycles. The maximum absolute atomic E-state index is 12.0. The maximum Gasteiger partial charge on any atom is 0.223 e. The third-order valence-corrected chi connectivity index (χ3v) is 4.10. The lowest BCUT2D eigenvalue weighted by Gasteiger charge is -2.35. The third-order valence-electron chi connectivity index (χ3n) is 3.41. The zero-order chi connectivity index (χ0) is 10.7. The largest absolute Gasteiger partial charge is 0.334 e. The Kier molecular flexibility index (Phi) is 3.92. The van der Waals surface area contributed by atoms with Gasteiger partial charge in [-0.3, -0.25) is 4.79 Å². The summed E-state index contributed by atoms with van der Waals surface area (Å²) in [4.78, 5) is 14.2. The van der Waals surface area contributed by atoms with Gasteiger partial charge in [-0.15, -0.1) is 0 Å². The highest BCUT2D eigenvalue weighted by atomic mass is 32.2. The lowest BCUT2D eigenvalue weighted by molar-refractivity contribution is -0.135. The van der Waals surface area contributed by atoms with Gasteiger partial charge in [-0.1, -0.05) is 0 Å². The summed E-state index contributed by atoms with van der Waals surface area (Å²) in [5.74, 6) is 1.49. The maximum atomic E-state index is 12.0. The number of thioether (sulfide) groups is 1. The van der Waals surface area contributed by atoms with E-state index < -0.39 is 0 Å². The van der Waals surface area contributed by atoms with E-state index in [2.05, 4.69) is 16.5 Å². The molecule has 2 aliphatic heterocycles. The third kappa shape index (κ3) is 2.48. The molecule has 2 heterocycles. The predicted molar refractivity (Wildman–Crippen MR) is 64.1 cm³/mol. The Morgan fingerprint density at radius 1 is 1.40 bits per heavy atom. The molecule has 0 saturated carbocycles. The fourth-order valence-corrected chi connectivity index (χ4v) is 3.12. The van der Waals surface area contributed by atoms with Gasteiger partial charge >= 0.3 is 0 Å². The van der Waals surface area contributed by atoms with Crippen LogP contribution in [0.2, 0.25) is 0 Å². The van der Waals surface area contributed by atoms with Crippen LogP contribution in [0.5, 0.6) is 0 Å². The van der Waals surface area contributed by atoms with Crippen molar-refractivity contribution in [3.05, 3.63) is 0 Å². The van der Waals surface area contributed by atoms with Crippen molar-refractivity contribution in [2.24, 2.45) is 0 Å². The molecule has 2 bridgehead atoms. The first-order valence-corrected chi connectivity index (χ1v) is 7.23. The van der Waals surface area contributed by atoms with Gasteiger partial charge in [0.15, 0.2) is 0 Å². The second kappa shape index (κ2) is 5.21. The van der Waals surface area contributed by atoms with Gasteiger partial charge in [-0.2, -0.15) is 11.8 Å². The van der Waals surface area contributed by atoms with Crippen LogP contribution < -0.4 is 5.32 Å². The van der Waals surface area contributed by atoms with E-state index in [1.54, 1.807) is 0 Å². The lowest BCUT2D eigenvalue weighted by atomic mass is 10.2. The summed E-state index contributed by atoms with van der Waals surface area (Å²) in [5.41, 5.74) is 0. The van der Waals surface area contributed by atoms with Crippen LogP contribution in [0.4, 0.5) is 0 Å². The van der Waals surface area contributed by atoms with E-state index in [4.69, 9.17) is 0 Å². The molecule has 1 N–H and O–H groups in total. The summed E-state index contributed by atoms with van der Waals surface area (Å²) < 4.78 is 0. The zero-order valence-corrected chi connectivity index (χ0v) is 10.2. The summed E-state index contributed by atoms with van der Waals surface area (Å²) in [7, 11) is 0. The number of nitrogens with zero attached hydrogens (tertiary/aromatic N) is 1. The Labute approximate surface area is 96.0 Å². The number of carbonyl (C=O) groups is 1. The van der Waals surface area contributed by atoms with Crippen molar-refractivity contribution in [1.29, 1.82) is 0 Å². The number of amides is 1. The fraction of sp³-hybridized carbons (Fsp3) is 0.909. The quantitative estimate of drug-likeness (QED) is 0.731. The van der Waals surface area contributed by atoms with Crippen LogP contribution in [0, 0.1) is 0 Å². The van der Waals surface area contributed by atoms with Gasteiger partial charge in [0.05, 0.1) is 0 Å². The molecular weight excluding hydrogens is 208 g/mol. The summed E-state index contributed by atoms with van der Waals surface area (Å²) in [6.45, 7) is 2.01. The smallest absolute Gasteiger partial charge is 0.223 e. The van der Waals surface area contributed by atoms with E-state index in [1.807, 2.05) is 11.8 Å². The Hall–Kier alpha value is -0.220. The molecule has 2 aliphatic rings. The molecule has 3 nitrogen and oxygen atoms in total. The molecule has 2 atom stereocenters. The molecule has 2 saturated heterocycles. The van der Waals surface area contributed by atoms with E-state index in [9.17, 15) is 4.79 Å². The number of fused-ring (bicyclic) bond motifs is 2. The molecule has 0 aromatic rings. The lowest BCUT2D eigenvalue weighted by Crippen LogP contribution is -2.54. The van der Waals surface area contributed by atoms with Gasteiger partial charge in [-0.25, -0.2) is 0 Å². The molecule has 1 amide bonds. The molecule has 0 aromatic carbocycles. The summed E-state index contributed by atoms with van der Waals surface area (Å²) in [6, 6.07) is 0.982. The second-order valence-corrected chi connectivity index (χ2v) is 5.43. The zero-order valence-electron chi connectivity index (χ0n) is 9.37. The average Bonchev–Trinajstić information content (AvgIpc) is 2.49. The SMILES string of the molecule is CSCCCC(=O)N1C2CCC1CNC2. The van der Waals surface area contributed by atoms with Crippen LogP contribution >= 0.6 is 11.8 Å². The minimum atomic E-state index is 0.387. The van der Waals surface area contributed by atoms with Crippen LogP contribution in [0.25, 0.3) is 0 Å². The van der Waals surface area contributed by atoms with Crippen molar-refractivity contribution in [2.75, 3.05) is 25.1 Å². The standard InChI is InChI=1S/C11H20N2OS/c1-15-6-2-3-11(14)13-9-4-5-10(13)8-12-7-9/h9-10,12H,2-8H2,1H3. The van der Waals surface area contributed by atoms with E-state index in [1.165, 1.54) is 12.8 Å². The normalized spacial score (nSPS) is 29.5. The molecule has 4 heteroatoms. The number of hydrogen-bond donors (Lipinski definition) is 1. The monoisotopic (exact) mass is 228 g/mol. The van der Waals surface area contributed by atoms with Crippen LogP contribution in [0.3, 0.4) is 0 Å². The minimum absolute atomic E-state index is 0.387. The molecule has 2 fully saturated rings. The second-order valence-electron chi connectivity index (χ2n) is 4.44. The first kappa shape index (κ1) is 11.3. The van der Waals surface area contributed by atoms with Crippen molar-refractivity contribution in [2.45, 2.75) is 37.8 Å². The van der Waals surface area contributed by atoms with Crippen LogP contribution in [-0.2, 0) is 4.79 Å². The number of carbonyl (C=O) groups excluding carboxylic acids is 1. The summed E-state index contributed by atoms with van der Waals surface area (Å²) in [5, 5.41) is 3.40. The van der Waals surface area contributed by atoms with Crippen molar-refractivity contribution in [3.63, 3.8) is 0 Å². The molecule has 2 unspecified atom stereocenters. The Balaban J connectivity index is 1.84. The van der Waals surface area contributed by atoms with Gasteiger partial charge in [0.25, 0.3) is 0 Å². The van der Waals surface area contributed by atoms with Crippen molar-refractivity contribution >= 4 is 17.7 Å². The van der Waals surface area contributed by atoms with E-state index in [0.29, 0.717) is 18.0 Å². The topological polar surface area (TPSA) is 32.3 Å². The van der Waals surface area contributed by atoms with Gasteiger partial charge < -0.3 is 10.2 Å². The first-order valence-electron chi connectivity index (χ1n) is 5.83. The number of hydrogen-bond acceptors (Lipinski definition) is 3. The molecule has 15 heavy (non-hydrogen) atoms. The summed E-state index contributed by atoms with van der Waals surface area (Å²) >= 11 is 1.82. The molecular formula is C11H20N2OS. The fourth-order valence-electron chi connectivity index (χ4n) is 2.68. The molecule has 2 rings (SSSR count). The number of piperazine rings is 1. The number of rotatable bonds is 4. The first-order chi connectivity index (χ1) is 7.33. The van der Waals surface area contributed by atoms with Crippen LogP contribution in [-0.4, -0.2) is 48.0 Å². The van der Waals surface area contributed by atoms with Gasteiger partial charge in [0.2, 0.25) is 5.91 Å². The van der Waals surface area contributed by atoms with Crippen LogP contribution in [0.1, 0.15) is 25.7 Å². The van der Waals surface area contributed by atoms with Crippen LogP contribution in [0.15, 0.2) is 0 Å². The molecule has 86 valence electrons. The van der Waals surface area contributed by atoms with Gasteiger partial charge in [0, 0.05) is 31.6 Å². The van der Waals surface area contributed by atoms with E-state index in [0.717, 1.165) is 31.7 Å². The number of nitrogens with one attached hydrogen (secondary N) is 1. The van der Waals surface area contributed by atoms with Crippen molar-refractivity contribution < 1.29 is 4.79 Å². The highest BCUT2D eigenvalue weighted by Crippen LogP contribution is 2.27. The molecule has 0 spiro atoms. The Morgan fingerprint density at radius 2 is 2.07 bits per heavy atom. The minimum Gasteiger partial charge on any atom is -0.334 e. The molecule has 0 radical (unpaired) electrons. The average molecular weight is 228 g/mol. The van der Waals surface area contributed by atoms with Gasteiger partial charge in [-0.05, 0) is 31.3 Å². The Morgan fingerprint density at radius 3 is 2.67 bits per heavy atom. The van der Waals surface area contributed by atoms with Gasteiger partial charge in [0.1, 0.15) is 0 Å². The van der Waals surface area contributed by atoms with E-state index in [-0.39, 0.29) is 0 Å². The highest BCUT2D eigenvalue weighted by Gasteiger charge is 2.38.